The Morgan fingerprint density at radius 2 is 2.11 bits per heavy atom. The summed E-state index contributed by atoms with van der Waals surface area (Å²) in [6.07, 6.45) is 1.43. The molecule has 2 rings (SSSR count). The number of halogens is 2. The van der Waals surface area contributed by atoms with Gasteiger partial charge in [0.15, 0.2) is 0 Å². The van der Waals surface area contributed by atoms with Crippen molar-refractivity contribution in [2.24, 2.45) is 0 Å². The third-order valence-electron chi connectivity index (χ3n) is 2.87. The van der Waals surface area contributed by atoms with Crippen molar-refractivity contribution in [1.82, 2.24) is 4.98 Å². The first-order valence-electron chi connectivity index (χ1n) is 5.54. The van der Waals surface area contributed by atoms with Crippen LogP contribution in [0.4, 0.5) is 5.69 Å². The van der Waals surface area contributed by atoms with E-state index in [-0.39, 0.29) is 0 Å². The SMILES string of the molecule is CNc1c(C(=O)OC)cnc2c(Cl)cc(C)c(Cl)c12. The van der Waals surface area contributed by atoms with E-state index in [9.17, 15) is 4.79 Å². The summed E-state index contributed by atoms with van der Waals surface area (Å²) in [5.74, 6) is -0.479. The minimum absolute atomic E-state index is 0.320. The predicted octanol–water partition coefficient (Wildman–Crippen LogP) is 3.68. The van der Waals surface area contributed by atoms with Gasteiger partial charge in [-0.2, -0.15) is 0 Å². The second-order valence-corrected chi connectivity index (χ2v) is 4.79. The molecule has 0 aliphatic carbocycles. The Morgan fingerprint density at radius 1 is 1.42 bits per heavy atom. The highest BCUT2D eigenvalue weighted by Crippen LogP contribution is 2.37. The van der Waals surface area contributed by atoms with Crippen molar-refractivity contribution in [3.05, 3.63) is 33.4 Å². The molecule has 0 saturated heterocycles. The summed E-state index contributed by atoms with van der Waals surface area (Å²) >= 11 is 12.5. The number of ether oxygens (including phenoxy) is 1. The number of nitrogens with zero attached hydrogens (tertiary/aromatic N) is 1. The number of carbonyl (C=O) groups excluding carboxylic acids is 1. The van der Waals surface area contributed by atoms with Crippen LogP contribution in [0.15, 0.2) is 12.3 Å². The lowest BCUT2D eigenvalue weighted by Crippen LogP contribution is -2.07. The molecular formula is C13H12Cl2N2O2. The summed E-state index contributed by atoms with van der Waals surface area (Å²) in [7, 11) is 3.02. The van der Waals surface area contributed by atoms with Gasteiger partial charge < -0.3 is 10.1 Å². The van der Waals surface area contributed by atoms with Crippen LogP contribution in [0.2, 0.25) is 10.0 Å². The third kappa shape index (κ3) is 2.22. The van der Waals surface area contributed by atoms with E-state index in [1.165, 1.54) is 13.3 Å². The lowest BCUT2D eigenvalue weighted by Gasteiger charge is -2.13. The maximum absolute atomic E-state index is 11.7. The minimum Gasteiger partial charge on any atom is -0.465 e. The van der Waals surface area contributed by atoms with Crippen molar-refractivity contribution < 1.29 is 9.53 Å². The maximum Gasteiger partial charge on any atom is 0.341 e. The number of esters is 1. The quantitative estimate of drug-likeness (QED) is 0.859. The average molecular weight is 299 g/mol. The molecule has 0 spiro atoms. The van der Waals surface area contributed by atoms with E-state index in [2.05, 4.69) is 10.3 Å². The average Bonchev–Trinajstić information content (AvgIpc) is 2.42. The maximum atomic E-state index is 11.7. The van der Waals surface area contributed by atoms with Gasteiger partial charge in [0, 0.05) is 18.6 Å². The van der Waals surface area contributed by atoms with E-state index in [4.69, 9.17) is 27.9 Å². The number of benzene rings is 1. The molecule has 6 heteroatoms. The van der Waals surface area contributed by atoms with Crippen LogP contribution in [0.1, 0.15) is 15.9 Å². The molecule has 2 aromatic rings. The summed E-state index contributed by atoms with van der Waals surface area (Å²) in [5, 5.41) is 4.59. The number of anilines is 1. The monoisotopic (exact) mass is 298 g/mol. The van der Waals surface area contributed by atoms with Gasteiger partial charge in [0.1, 0.15) is 5.56 Å². The van der Waals surface area contributed by atoms with Gasteiger partial charge >= 0.3 is 5.97 Å². The van der Waals surface area contributed by atoms with E-state index < -0.39 is 5.97 Å². The lowest BCUT2D eigenvalue weighted by molar-refractivity contribution is 0.0601. The first-order chi connectivity index (χ1) is 9.01. The van der Waals surface area contributed by atoms with Crippen molar-refractivity contribution in [3.8, 4) is 0 Å². The predicted molar refractivity (Wildman–Crippen MR) is 77.4 cm³/mol. The summed E-state index contributed by atoms with van der Waals surface area (Å²) in [5.41, 5.74) is 2.25. The first-order valence-corrected chi connectivity index (χ1v) is 6.30. The number of hydrogen-bond acceptors (Lipinski definition) is 4. The van der Waals surface area contributed by atoms with Crippen LogP contribution in [0.5, 0.6) is 0 Å². The highest BCUT2D eigenvalue weighted by Gasteiger charge is 2.19. The van der Waals surface area contributed by atoms with E-state index in [1.807, 2.05) is 6.92 Å². The summed E-state index contributed by atoms with van der Waals surface area (Å²) in [4.78, 5) is 15.9. The fourth-order valence-electron chi connectivity index (χ4n) is 1.95. The van der Waals surface area contributed by atoms with Crippen molar-refractivity contribution in [3.63, 3.8) is 0 Å². The second kappa shape index (κ2) is 5.23. The normalized spacial score (nSPS) is 10.6. The van der Waals surface area contributed by atoms with Gasteiger partial charge in [-0.3, -0.25) is 4.98 Å². The topological polar surface area (TPSA) is 51.2 Å². The standard InChI is InChI=1S/C13H12Cl2N2O2/c1-6-4-8(14)12-9(10(6)15)11(16-2)7(5-17-12)13(18)19-3/h4-5H,1-3H3,(H,16,17). The zero-order valence-electron chi connectivity index (χ0n) is 10.7. The van der Waals surface area contributed by atoms with Crippen molar-refractivity contribution in [1.29, 1.82) is 0 Å². The van der Waals surface area contributed by atoms with Crippen LogP contribution in [0.25, 0.3) is 10.9 Å². The van der Waals surface area contributed by atoms with Gasteiger partial charge in [-0.05, 0) is 18.6 Å². The molecule has 0 aliphatic rings. The molecule has 0 aliphatic heterocycles. The van der Waals surface area contributed by atoms with Gasteiger partial charge in [0.05, 0.1) is 28.4 Å². The van der Waals surface area contributed by atoms with Crippen LogP contribution in [0, 0.1) is 6.92 Å². The molecule has 0 unspecified atom stereocenters. The molecule has 0 amide bonds. The number of fused-ring (bicyclic) bond motifs is 1. The lowest BCUT2D eigenvalue weighted by atomic mass is 10.1. The Hall–Kier alpha value is -1.52. The molecule has 0 fully saturated rings. The molecule has 0 saturated carbocycles. The zero-order chi connectivity index (χ0) is 14.2. The van der Waals surface area contributed by atoms with Crippen LogP contribution < -0.4 is 5.32 Å². The van der Waals surface area contributed by atoms with Crippen LogP contribution in [-0.4, -0.2) is 25.1 Å². The molecule has 1 aromatic heterocycles. The van der Waals surface area contributed by atoms with E-state index >= 15 is 0 Å². The molecule has 1 aromatic carbocycles. The largest absolute Gasteiger partial charge is 0.465 e. The van der Waals surface area contributed by atoms with E-state index in [1.54, 1.807) is 13.1 Å². The number of nitrogens with one attached hydrogen (secondary N) is 1. The van der Waals surface area contributed by atoms with Crippen molar-refractivity contribution >= 4 is 45.8 Å². The minimum atomic E-state index is -0.479. The van der Waals surface area contributed by atoms with Gasteiger partial charge in [-0.1, -0.05) is 23.2 Å². The fraction of sp³-hybridized carbons (Fsp3) is 0.231. The summed E-state index contributed by atoms with van der Waals surface area (Å²) in [6, 6.07) is 1.75. The van der Waals surface area contributed by atoms with Gasteiger partial charge in [0.2, 0.25) is 0 Å². The second-order valence-electron chi connectivity index (χ2n) is 4.00. The number of aryl methyl sites for hydroxylation is 1. The van der Waals surface area contributed by atoms with Crippen LogP contribution in [-0.2, 0) is 4.74 Å². The molecule has 1 heterocycles. The smallest absolute Gasteiger partial charge is 0.341 e. The Kier molecular flexibility index (Phi) is 3.83. The van der Waals surface area contributed by atoms with Gasteiger partial charge in [0.25, 0.3) is 0 Å². The molecule has 19 heavy (non-hydrogen) atoms. The number of rotatable bonds is 2. The number of carbonyl (C=O) groups is 1. The number of hydrogen-bond donors (Lipinski definition) is 1. The molecule has 100 valence electrons. The first kappa shape index (κ1) is 13.9. The molecular weight excluding hydrogens is 287 g/mol. The molecule has 1 N–H and O–H groups in total. The molecule has 0 radical (unpaired) electrons. The number of pyridine rings is 1. The summed E-state index contributed by atoms with van der Waals surface area (Å²) < 4.78 is 4.73. The van der Waals surface area contributed by atoms with E-state index in [0.29, 0.717) is 32.2 Å². The highest BCUT2D eigenvalue weighted by molar-refractivity contribution is 6.41. The number of methoxy groups -OCH3 is 1. The Morgan fingerprint density at radius 3 is 2.68 bits per heavy atom. The zero-order valence-corrected chi connectivity index (χ0v) is 12.2. The molecule has 4 nitrogen and oxygen atoms in total. The Bertz CT molecular complexity index is 671. The molecule has 0 atom stereocenters. The van der Waals surface area contributed by atoms with Crippen LogP contribution in [0.3, 0.4) is 0 Å². The van der Waals surface area contributed by atoms with Gasteiger partial charge in [-0.15, -0.1) is 0 Å². The fourth-order valence-corrected chi connectivity index (χ4v) is 2.49. The van der Waals surface area contributed by atoms with Crippen LogP contribution >= 0.6 is 23.2 Å². The van der Waals surface area contributed by atoms with E-state index in [0.717, 1.165) is 5.56 Å². The van der Waals surface area contributed by atoms with Gasteiger partial charge in [-0.25, -0.2) is 4.79 Å². The Labute approximate surface area is 120 Å². The van der Waals surface area contributed by atoms with Crippen molar-refractivity contribution in [2.75, 3.05) is 19.5 Å². The van der Waals surface area contributed by atoms with Crippen molar-refractivity contribution in [2.45, 2.75) is 6.92 Å². The third-order valence-corrected chi connectivity index (χ3v) is 3.64. The molecule has 0 bridgehead atoms. The Balaban J connectivity index is 2.93. The summed E-state index contributed by atoms with van der Waals surface area (Å²) in [6.45, 7) is 1.85. The number of aromatic nitrogens is 1. The highest BCUT2D eigenvalue weighted by atomic mass is 35.5.